The van der Waals surface area contributed by atoms with Gasteiger partial charge in [0.15, 0.2) is 0 Å². The summed E-state index contributed by atoms with van der Waals surface area (Å²) >= 11 is 0. The fourth-order valence-electron chi connectivity index (χ4n) is 5.01. The quantitative estimate of drug-likeness (QED) is 0.207. The Morgan fingerprint density at radius 2 is 1.40 bits per heavy atom. The maximum absolute atomic E-state index is 12.5. The molecule has 40 heavy (non-hydrogen) atoms. The summed E-state index contributed by atoms with van der Waals surface area (Å²) in [6, 6.07) is 16.9. The van der Waals surface area contributed by atoms with Crippen LogP contribution in [0.1, 0.15) is 78.1 Å². The predicted molar refractivity (Wildman–Crippen MR) is 159 cm³/mol. The summed E-state index contributed by atoms with van der Waals surface area (Å²) in [7, 11) is 0. The molecule has 3 heterocycles. The molecule has 0 spiro atoms. The average molecular weight is 541 g/mol. The van der Waals surface area contributed by atoms with Crippen molar-refractivity contribution in [2.75, 3.05) is 6.54 Å². The average Bonchev–Trinajstić information content (AvgIpc) is 3.68. The predicted octanol–water partition coefficient (Wildman–Crippen LogP) is 7.17. The third-order valence-corrected chi connectivity index (χ3v) is 7.11. The van der Waals surface area contributed by atoms with Gasteiger partial charge in [-0.05, 0) is 67.8 Å². The SMILES string of the molecule is CC(C)(C)OC(=O)N[C@H](c1ncc(-c2ccc(-c3ccc(-c4cnc([C@@H]5CCCN5)[nH]4)cc3)cc2)[nH]1)C(C)(C)C. The molecule has 0 unspecified atom stereocenters. The lowest BCUT2D eigenvalue weighted by molar-refractivity contribution is 0.0458. The normalized spacial score (nSPS) is 16.6. The van der Waals surface area contributed by atoms with E-state index in [-0.39, 0.29) is 11.5 Å². The second-order valence-corrected chi connectivity index (χ2v) is 12.6. The number of rotatable bonds is 6. The standard InChI is InChI=1S/C32H40N6O2/c1-31(2,3)27(38-30(39)40-32(4,5)6)29-35-19-26(37-29)23-15-11-21(12-16-23)20-9-13-22(14-10-20)25-18-34-28(36-25)24-8-7-17-33-24/h9-16,18-19,24,27,33H,7-8,17H2,1-6H3,(H,34,36)(H,35,37)(H,38,39)/t24-,27+/m0/s1. The summed E-state index contributed by atoms with van der Waals surface area (Å²) < 4.78 is 5.49. The molecule has 0 saturated carbocycles. The zero-order chi connectivity index (χ0) is 28.5. The van der Waals surface area contributed by atoms with Crippen molar-refractivity contribution in [3.8, 4) is 33.6 Å². The van der Waals surface area contributed by atoms with Gasteiger partial charge in [0.25, 0.3) is 0 Å². The fraction of sp³-hybridized carbons (Fsp3) is 0.406. The first-order chi connectivity index (χ1) is 19.0. The minimum atomic E-state index is -0.571. The first-order valence-electron chi connectivity index (χ1n) is 14.0. The molecule has 0 bridgehead atoms. The van der Waals surface area contributed by atoms with E-state index < -0.39 is 11.7 Å². The number of benzene rings is 2. The van der Waals surface area contributed by atoms with Crippen LogP contribution in [0.15, 0.2) is 60.9 Å². The zero-order valence-electron chi connectivity index (χ0n) is 24.3. The highest BCUT2D eigenvalue weighted by Crippen LogP contribution is 2.33. The van der Waals surface area contributed by atoms with Crippen molar-refractivity contribution < 1.29 is 9.53 Å². The van der Waals surface area contributed by atoms with Crippen LogP contribution in [0.3, 0.4) is 0 Å². The van der Waals surface area contributed by atoms with Gasteiger partial charge in [0, 0.05) is 0 Å². The van der Waals surface area contributed by atoms with E-state index in [1.807, 2.05) is 33.2 Å². The van der Waals surface area contributed by atoms with Gasteiger partial charge in [-0.15, -0.1) is 0 Å². The van der Waals surface area contributed by atoms with Crippen LogP contribution in [-0.2, 0) is 4.74 Å². The van der Waals surface area contributed by atoms with Crippen molar-refractivity contribution in [2.45, 2.75) is 72.1 Å². The number of carbonyl (C=O) groups is 1. The molecule has 8 heteroatoms. The number of imidazole rings is 2. The monoisotopic (exact) mass is 540 g/mol. The number of hydrogen-bond donors (Lipinski definition) is 4. The van der Waals surface area contributed by atoms with Crippen LogP contribution < -0.4 is 10.6 Å². The van der Waals surface area contributed by atoms with Crippen molar-refractivity contribution in [3.05, 3.63) is 72.6 Å². The third-order valence-electron chi connectivity index (χ3n) is 7.11. The number of alkyl carbamates (subject to hydrolysis) is 1. The minimum absolute atomic E-state index is 0.271. The first kappa shape index (κ1) is 27.6. The van der Waals surface area contributed by atoms with E-state index in [9.17, 15) is 4.79 Å². The largest absolute Gasteiger partial charge is 0.444 e. The van der Waals surface area contributed by atoms with E-state index in [2.05, 4.69) is 99.9 Å². The van der Waals surface area contributed by atoms with E-state index in [1.54, 1.807) is 0 Å². The molecular formula is C32H40N6O2. The van der Waals surface area contributed by atoms with Gasteiger partial charge in [-0.1, -0.05) is 69.3 Å². The number of amides is 1. The number of ether oxygens (including phenoxy) is 1. The number of hydrogen-bond acceptors (Lipinski definition) is 5. The van der Waals surface area contributed by atoms with Gasteiger partial charge < -0.3 is 25.3 Å². The molecular weight excluding hydrogens is 500 g/mol. The summed E-state index contributed by atoms with van der Waals surface area (Å²) in [4.78, 5) is 28.6. The van der Waals surface area contributed by atoms with Crippen LogP contribution in [0.2, 0.25) is 0 Å². The van der Waals surface area contributed by atoms with Gasteiger partial charge in [-0.25, -0.2) is 14.8 Å². The Balaban J connectivity index is 1.28. The second-order valence-electron chi connectivity index (χ2n) is 12.6. The van der Waals surface area contributed by atoms with E-state index in [0.29, 0.717) is 11.9 Å². The molecule has 1 saturated heterocycles. The summed E-state index contributed by atoms with van der Waals surface area (Å²) in [5.41, 5.74) is 5.51. The number of aromatic amines is 2. The van der Waals surface area contributed by atoms with E-state index >= 15 is 0 Å². The molecule has 2 atom stereocenters. The maximum Gasteiger partial charge on any atom is 0.408 e. The van der Waals surface area contributed by atoms with Gasteiger partial charge >= 0.3 is 6.09 Å². The number of nitrogens with one attached hydrogen (secondary N) is 4. The Morgan fingerprint density at radius 3 is 1.93 bits per heavy atom. The molecule has 1 amide bonds. The third kappa shape index (κ3) is 6.45. The Hall–Kier alpha value is -3.91. The summed E-state index contributed by atoms with van der Waals surface area (Å²) in [5.74, 6) is 1.71. The van der Waals surface area contributed by atoms with Crippen LogP contribution in [0.5, 0.6) is 0 Å². The van der Waals surface area contributed by atoms with Crippen LogP contribution in [0, 0.1) is 5.41 Å². The Morgan fingerprint density at radius 1 is 0.850 bits per heavy atom. The van der Waals surface area contributed by atoms with E-state index in [4.69, 9.17) is 4.74 Å². The van der Waals surface area contributed by atoms with Crippen LogP contribution in [-0.4, -0.2) is 38.2 Å². The molecule has 1 aliphatic rings. The summed E-state index contributed by atoms with van der Waals surface area (Å²) in [5, 5.41) is 6.48. The first-order valence-corrected chi connectivity index (χ1v) is 14.0. The fourth-order valence-corrected chi connectivity index (χ4v) is 5.01. The molecule has 4 aromatic rings. The van der Waals surface area contributed by atoms with Crippen molar-refractivity contribution in [2.24, 2.45) is 5.41 Å². The molecule has 8 nitrogen and oxygen atoms in total. The molecule has 2 aromatic carbocycles. The molecule has 210 valence electrons. The lowest BCUT2D eigenvalue weighted by Crippen LogP contribution is -2.40. The van der Waals surface area contributed by atoms with Crippen molar-refractivity contribution >= 4 is 6.09 Å². The molecule has 4 N–H and O–H groups in total. The summed E-state index contributed by atoms with van der Waals surface area (Å²) in [6.07, 6.45) is 5.60. The number of carbonyl (C=O) groups excluding carboxylic acids is 1. The highest BCUT2D eigenvalue weighted by atomic mass is 16.6. The minimum Gasteiger partial charge on any atom is -0.444 e. The number of H-pyrrole nitrogens is 2. The van der Waals surface area contributed by atoms with Gasteiger partial charge in [0.05, 0.1) is 35.9 Å². The number of nitrogens with zero attached hydrogens (tertiary/aromatic N) is 2. The zero-order valence-corrected chi connectivity index (χ0v) is 24.3. The summed E-state index contributed by atoms with van der Waals surface area (Å²) in [6.45, 7) is 12.8. The molecule has 1 aliphatic heterocycles. The Labute approximate surface area is 236 Å². The smallest absolute Gasteiger partial charge is 0.408 e. The van der Waals surface area contributed by atoms with Crippen LogP contribution >= 0.6 is 0 Å². The maximum atomic E-state index is 12.5. The van der Waals surface area contributed by atoms with Gasteiger partial charge in [-0.2, -0.15) is 0 Å². The van der Waals surface area contributed by atoms with E-state index in [0.717, 1.165) is 52.4 Å². The van der Waals surface area contributed by atoms with Crippen molar-refractivity contribution in [1.82, 2.24) is 30.6 Å². The van der Waals surface area contributed by atoms with Crippen molar-refractivity contribution in [1.29, 1.82) is 0 Å². The molecule has 5 rings (SSSR count). The molecule has 2 aromatic heterocycles. The highest BCUT2D eigenvalue weighted by molar-refractivity contribution is 5.72. The lowest BCUT2D eigenvalue weighted by Gasteiger charge is -2.31. The number of aromatic nitrogens is 4. The van der Waals surface area contributed by atoms with Gasteiger partial charge in [0.2, 0.25) is 0 Å². The highest BCUT2D eigenvalue weighted by Gasteiger charge is 2.32. The van der Waals surface area contributed by atoms with Crippen LogP contribution in [0.4, 0.5) is 4.79 Å². The second kappa shape index (κ2) is 10.9. The van der Waals surface area contributed by atoms with Crippen LogP contribution in [0.25, 0.3) is 33.6 Å². The van der Waals surface area contributed by atoms with Gasteiger partial charge in [-0.3, -0.25) is 0 Å². The lowest BCUT2D eigenvalue weighted by atomic mass is 9.86. The van der Waals surface area contributed by atoms with Crippen molar-refractivity contribution in [3.63, 3.8) is 0 Å². The topological polar surface area (TPSA) is 108 Å². The van der Waals surface area contributed by atoms with Gasteiger partial charge in [0.1, 0.15) is 17.2 Å². The van der Waals surface area contributed by atoms with E-state index in [1.165, 1.54) is 6.42 Å². The molecule has 0 aliphatic carbocycles. The Kier molecular flexibility index (Phi) is 7.55. The molecule has 0 radical (unpaired) electrons. The molecule has 1 fully saturated rings. The Bertz CT molecular complexity index is 1430.